The van der Waals surface area contributed by atoms with Crippen molar-refractivity contribution in [3.8, 4) is 0 Å². The number of hydrogen-bond acceptors (Lipinski definition) is 3. The van der Waals surface area contributed by atoms with Crippen molar-refractivity contribution in [1.82, 2.24) is 0 Å². The lowest BCUT2D eigenvalue weighted by atomic mass is 10.3. The number of benzene rings is 1. The Balaban J connectivity index is 2.20. The van der Waals surface area contributed by atoms with Crippen LogP contribution in [-0.2, 0) is 9.53 Å². The Morgan fingerprint density at radius 3 is 2.67 bits per heavy atom. The lowest BCUT2D eigenvalue weighted by molar-refractivity contribution is -0.140. The molecule has 0 fully saturated rings. The Bertz CT molecular complexity index is 311. The fourth-order valence-corrected chi connectivity index (χ4v) is 1.14. The Kier molecular flexibility index (Phi) is 4.60. The minimum absolute atomic E-state index is 0.212. The summed E-state index contributed by atoms with van der Waals surface area (Å²) < 4.78 is 17.0. The van der Waals surface area contributed by atoms with Crippen molar-refractivity contribution >= 4 is 11.7 Å². The fourth-order valence-electron chi connectivity index (χ4n) is 1.14. The number of nitrogens with one attached hydrogen (secondary N) is 1. The van der Waals surface area contributed by atoms with Gasteiger partial charge in [0.05, 0.1) is 7.11 Å². The topological polar surface area (TPSA) is 38.3 Å². The highest BCUT2D eigenvalue weighted by Crippen LogP contribution is 2.08. The van der Waals surface area contributed by atoms with Crippen molar-refractivity contribution in [2.45, 2.75) is 12.8 Å². The lowest BCUT2D eigenvalue weighted by Gasteiger charge is -2.05. The molecule has 82 valence electrons. The molecule has 4 heteroatoms. The second-order valence-corrected chi connectivity index (χ2v) is 3.11. The van der Waals surface area contributed by atoms with Gasteiger partial charge in [0.1, 0.15) is 5.82 Å². The molecule has 0 radical (unpaired) electrons. The van der Waals surface area contributed by atoms with Gasteiger partial charge in [0, 0.05) is 18.7 Å². The van der Waals surface area contributed by atoms with Gasteiger partial charge in [-0.2, -0.15) is 0 Å². The molecule has 0 saturated heterocycles. The van der Waals surface area contributed by atoms with Gasteiger partial charge in [-0.15, -0.1) is 0 Å². The van der Waals surface area contributed by atoms with Gasteiger partial charge >= 0.3 is 5.97 Å². The number of anilines is 1. The molecular formula is C11H14FNO2. The Morgan fingerprint density at radius 1 is 1.40 bits per heavy atom. The van der Waals surface area contributed by atoms with E-state index in [2.05, 4.69) is 10.1 Å². The molecule has 1 N–H and O–H groups in total. The first-order valence-corrected chi connectivity index (χ1v) is 4.78. The van der Waals surface area contributed by atoms with Crippen molar-refractivity contribution in [3.63, 3.8) is 0 Å². The maximum absolute atomic E-state index is 12.5. The number of esters is 1. The van der Waals surface area contributed by atoms with Crippen molar-refractivity contribution in [1.29, 1.82) is 0 Å². The zero-order valence-electron chi connectivity index (χ0n) is 8.63. The zero-order valence-corrected chi connectivity index (χ0v) is 8.63. The number of halogens is 1. The number of carbonyl (C=O) groups excluding carboxylic acids is 1. The second kappa shape index (κ2) is 6.01. The van der Waals surface area contributed by atoms with Crippen LogP contribution >= 0.6 is 0 Å². The van der Waals surface area contributed by atoms with Crippen LogP contribution in [-0.4, -0.2) is 19.6 Å². The van der Waals surface area contributed by atoms with Crippen LogP contribution in [0.1, 0.15) is 12.8 Å². The smallest absolute Gasteiger partial charge is 0.305 e. The van der Waals surface area contributed by atoms with Crippen molar-refractivity contribution < 1.29 is 13.9 Å². The molecule has 0 spiro atoms. The molecule has 1 rings (SSSR count). The molecule has 0 amide bonds. The van der Waals surface area contributed by atoms with E-state index in [9.17, 15) is 9.18 Å². The molecule has 15 heavy (non-hydrogen) atoms. The highest BCUT2D eigenvalue weighted by molar-refractivity contribution is 5.69. The van der Waals surface area contributed by atoms with Crippen LogP contribution in [0.3, 0.4) is 0 Å². The van der Waals surface area contributed by atoms with Crippen LogP contribution in [0, 0.1) is 5.82 Å². The third-order valence-electron chi connectivity index (χ3n) is 1.96. The van der Waals surface area contributed by atoms with Gasteiger partial charge in [-0.3, -0.25) is 4.79 Å². The molecule has 0 aliphatic carbocycles. The molecule has 1 aromatic rings. The molecule has 0 aliphatic heterocycles. The number of methoxy groups -OCH3 is 1. The van der Waals surface area contributed by atoms with Crippen molar-refractivity contribution in [2.24, 2.45) is 0 Å². The normalized spacial score (nSPS) is 9.73. The van der Waals surface area contributed by atoms with Gasteiger partial charge in [0.25, 0.3) is 0 Å². The molecule has 1 aromatic carbocycles. The summed E-state index contributed by atoms with van der Waals surface area (Å²) in [7, 11) is 1.37. The Morgan fingerprint density at radius 2 is 2.07 bits per heavy atom. The second-order valence-electron chi connectivity index (χ2n) is 3.11. The quantitative estimate of drug-likeness (QED) is 0.599. The number of ether oxygens (including phenoxy) is 1. The average Bonchev–Trinajstić information content (AvgIpc) is 2.26. The van der Waals surface area contributed by atoms with E-state index in [4.69, 9.17) is 0 Å². The third-order valence-corrected chi connectivity index (χ3v) is 1.96. The van der Waals surface area contributed by atoms with Crippen molar-refractivity contribution in [3.05, 3.63) is 30.1 Å². The zero-order chi connectivity index (χ0) is 11.1. The van der Waals surface area contributed by atoms with Gasteiger partial charge in [0.2, 0.25) is 0 Å². The van der Waals surface area contributed by atoms with Crippen LogP contribution in [0.15, 0.2) is 24.3 Å². The van der Waals surface area contributed by atoms with Gasteiger partial charge < -0.3 is 10.1 Å². The summed E-state index contributed by atoms with van der Waals surface area (Å²) in [6.45, 7) is 0.667. The van der Waals surface area contributed by atoms with Gasteiger partial charge in [-0.25, -0.2) is 4.39 Å². The first-order valence-electron chi connectivity index (χ1n) is 4.78. The third kappa shape index (κ3) is 4.44. The summed E-state index contributed by atoms with van der Waals surface area (Å²) in [6, 6.07) is 6.10. The fraction of sp³-hybridized carbons (Fsp3) is 0.364. The van der Waals surface area contributed by atoms with E-state index in [1.54, 1.807) is 12.1 Å². The molecule has 0 aliphatic rings. The van der Waals surface area contributed by atoms with Crippen LogP contribution in [0.25, 0.3) is 0 Å². The molecular weight excluding hydrogens is 197 g/mol. The largest absolute Gasteiger partial charge is 0.469 e. The van der Waals surface area contributed by atoms with Crippen LogP contribution in [0.4, 0.5) is 10.1 Å². The predicted octanol–water partition coefficient (Wildman–Crippen LogP) is 2.19. The number of rotatable bonds is 5. The number of carbonyl (C=O) groups is 1. The van der Waals surface area contributed by atoms with E-state index in [1.165, 1.54) is 19.2 Å². The molecule has 0 unspecified atom stereocenters. The summed E-state index contributed by atoms with van der Waals surface area (Å²) in [5.41, 5.74) is 0.848. The first kappa shape index (κ1) is 11.5. The summed E-state index contributed by atoms with van der Waals surface area (Å²) in [5, 5.41) is 3.08. The molecule has 0 bridgehead atoms. The van der Waals surface area contributed by atoms with Gasteiger partial charge in [0.15, 0.2) is 0 Å². The van der Waals surface area contributed by atoms with E-state index in [1.807, 2.05) is 0 Å². The predicted molar refractivity (Wildman–Crippen MR) is 56.1 cm³/mol. The van der Waals surface area contributed by atoms with E-state index >= 15 is 0 Å². The summed E-state index contributed by atoms with van der Waals surface area (Å²) in [4.78, 5) is 10.8. The van der Waals surface area contributed by atoms with Gasteiger partial charge in [-0.05, 0) is 30.7 Å². The van der Waals surface area contributed by atoms with E-state index in [0.717, 1.165) is 5.69 Å². The van der Waals surface area contributed by atoms with Crippen LogP contribution < -0.4 is 5.32 Å². The molecule has 0 heterocycles. The summed E-state index contributed by atoms with van der Waals surface area (Å²) >= 11 is 0. The van der Waals surface area contributed by atoms with Gasteiger partial charge in [-0.1, -0.05) is 0 Å². The molecule has 0 aromatic heterocycles. The lowest BCUT2D eigenvalue weighted by Crippen LogP contribution is -2.06. The highest BCUT2D eigenvalue weighted by Gasteiger charge is 1.99. The monoisotopic (exact) mass is 211 g/mol. The minimum atomic E-state index is -0.255. The maximum atomic E-state index is 12.5. The van der Waals surface area contributed by atoms with E-state index < -0.39 is 0 Å². The Labute approximate surface area is 88.2 Å². The first-order chi connectivity index (χ1) is 7.22. The van der Waals surface area contributed by atoms with Crippen LogP contribution in [0.2, 0.25) is 0 Å². The van der Waals surface area contributed by atoms with Crippen LogP contribution in [0.5, 0.6) is 0 Å². The molecule has 0 saturated carbocycles. The average molecular weight is 211 g/mol. The van der Waals surface area contributed by atoms with E-state index in [0.29, 0.717) is 19.4 Å². The number of hydrogen-bond donors (Lipinski definition) is 1. The highest BCUT2D eigenvalue weighted by atomic mass is 19.1. The molecule has 3 nitrogen and oxygen atoms in total. The summed E-state index contributed by atoms with van der Waals surface area (Å²) in [6.07, 6.45) is 1.09. The maximum Gasteiger partial charge on any atom is 0.305 e. The summed E-state index contributed by atoms with van der Waals surface area (Å²) in [5.74, 6) is -0.467. The molecule has 0 atom stereocenters. The standard InChI is InChI=1S/C11H14FNO2/c1-15-11(14)3-2-8-13-10-6-4-9(12)5-7-10/h4-7,13H,2-3,8H2,1H3. The minimum Gasteiger partial charge on any atom is -0.469 e. The van der Waals surface area contributed by atoms with Crippen molar-refractivity contribution in [2.75, 3.05) is 19.0 Å². The van der Waals surface area contributed by atoms with E-state index in [-0.39, 0.29) is 11.8 Å². The Hall–Kier alpha value is -1.58. The SMILES string of the molecule is COC(=O)CCCNc1ccc(F)cc1.